The summed E-state index contributed by atoms with van der Waals surface area (Å²) >= 11 is 4.25. The first-order valence-corrected chi connectivity index (χ1v) is 9.26. The Morgan fingerprint density at radius 1 is 0.571 bits per heavy atom. The fourth-order valence-corrected chi connectivity index (χ4v) is 3.69. The van der Waals surface area contributed by atoms with Crippen molar-refractivity contribution < 1.29 is 9.59 Å². The summed E-state index contributed by atoms with van der Waals surface area (Å²) in [6.07, 6.45) is 0. The van der Waals surface area contributed by atoms with Gasteiger partial charge in [-0.1, -0.05) is 72.8 Å². The van der Waals surface area contributed by atoms with E-state index in [9.17, 15) is 9.59 Å². The van der Waals surface area contributed by atoms with Gasteiger partial charge in [-0.3, -0.25) is 9.59 Å². The van der Waals surface area contributed by atoms with Crippen molar-refractivity contribution in [3.05, 3.63) is 107 Å². The molecule has 4 aromatic rings. The molecule has 0 heterocycles. The number of thiol groups is 1. The van der Waals surface area contributed by atoms with Gasteiger partial charge in [0, 0.05) is 27.3 Å². The number of carbonyl (C=O) groups is 2. The summed E-state index contributed by atoms with van der Waals surface area (Å²) in [5, 5.41) is 2.62. The van der Waals surface area contributed by atoms with Gasteiger partial charge in [-0.25, -0.2) is 0 Å². The molecular weight excluding hydrogens is 366 g/mol. The third-order valence-corrected chi connectivity index (χ3v) is 5.11. The van der Waals surface area contributed by atoms with Crippen molar-refractivity contribution in [2.24, 2.45) is 0 Å². The van der Waals surface area contributed by atoms with Crippen molar-refractivity contribution in [1.29, 1.82) is 0 Å². The third kappa shape index (κ3) is 3.08. The van der Waals surface area contributed by atoms with Gasteiger partial charge >= 0.3 is 0 Å². The normalized spacial score (nSPS) is 12.0. The zero-order chi connectivity index (χ0) is 19.7. The number of hydrogen-bond acceptors (Lipinski definition) is 4. The molecule has 4 aromatic carbocycles. The number of nitrogens with two attached hydrogens (primary N) is 1. The SMILES string of the molecule is Nc1cccc2c1C(=O)c1cccc(S)c1C2=O.c1ccc2ccccc2c1. The summed E-state index contributed by atoms with van der Waals surface area (Å²) in [6.45, 7) is 0. The molecular formula is C24H17NO2S. The Labute approximate surface area is 168 Å². The minimum absolute atomic E-state index is 0.197. The van der Waals surface area contributed by atoms with Gasteiger partial charge in [0.25, 0.3) is 0 Å². The van der Waals surface area contributed by atoms with Crippen LogP contribution in [0, 0.1) is 0 Å². The Morgan fingerprint density at radius 3 is 1.61 bits per heavy atom. The third-order valence-electron chi connectivity index (χ3n) is 4.74. The van der Waals surface area contributed by atoms with Crippen LogP contribution >= 0.6 is 12.6 Å². The smallest absolute Gasteiger partial charge is 0.196 e. The first kappa shape index (κ1) is 18.0. The van der Waals surface area contributed by atoms with Crippen molar-refractivity contribution in [3.63, 3.8) is 0 Å². The van der Waals surface area contributed by atoms with Gasteiger partial charge in [-0.05, 0) is 22.9 Å². The number of benzene rings is 4. The van der Waals surface area contributed by atoms with E-state index >= 15 is 0 Å². The average molecular weight is 383 g/mol. The topological polar surface area (TPSA) is 60.2 Å². The molecule has 0 spiro atoms. The molecule has 5 rings (SSSR count). The highest BCUT2D eigenvalue weighted by Gasteiger charge is 2.32. The van der Waals surface area contributed by atoms with Crippen LogP contribution in [0.25, 0.3) is 10.8 Å². The fourth-order valence-electron chi connectivity index (χ4n) is 3.38. The van der Waals surface area contributed by atoms with Crippen LogP contribution in [0.4, 0.5) is 5.69 Å². The molecule has 1 aliphatic carbocycles. The van der Waals surface area contributed by atoms with E-state index in [4.69, 9.17) is 5.73 Å². The lowest BCUT2D eigenvalue weighted by Crippen LogP contribution is -2.22. The van der Waals surface area contributed by atoms with Crippen molar-refractivity contribution in [1.82, 2.24) is 0 Å². The maximum absolute atomic E-state index is 12.4. The van der Waals surface area contributed by atoms with Crippen molar-refractivity contribution >= 4 is 40.7 Å². The van der Waals surface area contributed by atoms with Gasteiger partial charge in [-0.15, -0.1) is 12.6 Å². The number of ketones is 2. The molecule has 0 amide bonds. The van der Waals surface area contributed by atoms with Gasteiger partial charge < -0.3 is 5.73 Å². The van der Waals surface area contributed by atoms with E-state index in [0.717, 1.165) is 0 Å². The monoisotopic (exact) mass is 383 g/mol. The Bertz CT molecular complexity index is 1100. The van der Waals surface area contributed by atoms with E-state index in [1.807, 2.05) is 0 Å². The zero-order valence-corrected chi connectivity index (χ0v) is 15.8. The zero-order valence-electron chi connectivity index (χ0n) is 14.9. The van der Waals surface area contributed by atoms with Crippen molar-refractivity contribution in [2.45, 2.75) is 4.90 Å². The number of carbonyl (C=O) groups excluding carboxylic acids is 2. The highest BCUT2D eigenvalue weighted by molar-refractivity contribution is 7.80. The number of anilines is 1. The molecule has 2 N–H and O–H groups in total. The van der Waals surface area contributed by atoms with Gasteiger partial charge in [0.05, 0.1) is 5.56 Å². The summed E-state index contributed by atoms with van der Waals surface area (Å²) in [4.78, 5) is 25.2. The van der Waals surface area contributed by atoms with E-state index in [2.05, 4.69) is 61.2 Å². The number of hydrogen-bond donors (Lipinski definition) is 2. The Morgan fingerprint density at radius 2 is 1.04 bits per heavy atom. The fraction of sp³-hybridized carbons (Fsp3) is 0. The van der Waals surface area contributed by atoms with Crippen LogP contribution in [0.1, 0.15) is 31.8 Å². The van der Waals surface area contributed by atoms with E-state index in [0.29, 0.717) is 32.8 Å². The van der Waals surface area contributed by atoms with Gasteiger partial charge in [-0.2, -0.15) is 0 Å². The van der Waals surface area contributed by atoms with E-state index < -0.39 is 0 Å². The van der Waals surface area contributed by atoms with Crippen LogP contribution in [0.3, 0.4) is 0 Å². The molecule has 0 saturated heterocycles. The average Bonchev–Trinajstić information content (AvgIpc) is 2.72. The lowest BCUT2D eigenvalue weighted by Gasteiger charge is -2.19. The summed E-state index contributed by atoms with van der Waals surface area (Å²) < 4.78 is 0. The molecule has 0 bridgehead atoms. The number of fused-ring (bicyclic) bond motifs is 3. The molecule has 0 atom stereocenters. The molecule has 0 saturated carbocycles. The summed E-state index contributed by atoms with van der Waals surface area (Å²) in [5.74, 6) is -0.411. The Kier molecular flexibility index (Phi) is 4.72. The van der Waals surface area contributed by atoms with Crippen molar-refractivity contribution in [3.8, 4) is 0 Å². The predicted molar refractivity (Wildman–Crippen MR) is 115 cm³/mol. The molecule has 0 radical (unpaired) electrons. The maximum atomic E-state index is 12.4. The molecule has 0 aliphatic heterocycles. The van der Waals surface area contributed by atoms with Crippen molar-refractivity contribution in [2.75, 3.05) is 5.73 Å². The first-order chi connectivity index (χ1) is 13.6. The molecule has 28 heavy (non-hydrogen) atoms. The van der Waals surface area contributed by atoms with E-state index in [-0.39, 0.29) is 11.6 Å². The Balaban J connectivity index is 0.000000162. The number of nitrogen functional groups attached to an aromatic ring is 1. The lowest BCUT2D eigenvalue weighted by molar-refractivity contribution is 0.0977. The largest absolute Gasteiger partial charge is 0.398 e. The second-order valence-corrected chi connectivity index (χ2v) is 6.96. The molecule has 0 aromatic heterocycles. The molecule has 3 nitrogen and oxygen atoms in total. The lowest BCUT2D eigenvalue weighted by atomic mass is 9.83. The minimum atomic E-state index is -0.214. The second kappa shape index (κ2) is 7.33. The Hall–Kier alpha value is -3.37. The van der Waals surface area contributed by atoms with Crippen LogP contribution in [-0.2, 0) is 0 Å². The van der Waals surface area contributed by atoms with Gasteiger partial charge in [0.2, 0.25) is 0 Å². The minimum Gasteiger partial charge on any atom is -0.398 e. The molecule has 0 fully saturated rings. The summed E-state index contributed by atoms with van der Waals surface area (Å²) in [5.41, 5.74) is 7.52. The standard InChI is InChI=1S/C14H9NO2S.C10H8/c15-9-5-1-3-7-11(9)13(16)8-4-2-6-10(18)12(8)14(7)17;1-2-6-10-8-4-3-7-9(10)5-1/h1-6,18H,15H2;1-8H. The van der Waals surface area contributed by atoms with Crippen LogP contribution in [0.15, 0.2) is 89.8 Å². The summed E-state index contributed by atoms with van der Waals surface area (Å²) in [6, 6.07) is 26.7. The predicted octanol–water partition coefficient (Wildman–Crippen LogP) is 5.17. The highest BCUT2D eigenvalue weighted by atomic mass is 32.1. The molecule has 1 aliphatic rings. The van der Waals surface area contributed by atoms with E-state index in [1.54, 1.807) is 36.4 Å². The van der Waals surface area contributed by atoms with Crippen LogP contribution < -0.4 is 5.73 Å². The summed E-state index contributed by atoms with van der Waals surface area (Å²) in [7, 11) is 0. The molecule has 4 heteroatoms. The van der Waals surface area contributed by atoms with Crippen LogP contribution in [0.2, 0.25) is 0 Å². The van der Waals surface area contributed by atoms with E-state index in [1.165, 1.54) is 10.8 Å². The number of rotatable bonds is 0. The van der Waals surface area contributed by atoms with Crippen LogP contribution in [0.5, 0.6) is 0 Å². The first-order valence-electron chi connectivity index (χ1n) is 8.81. The molecule has 0 unspecified atom stereocenters. The molecule has 136 valence electrons. The maximum Gasteiger partial charge on any atom is 0.196 e. The highest BCUT2D eigenvalue weighted by Crippen LogP contribution is 2.33. The quantitative estimate of drug-likeness (QED) is 0.286. The van der Waals surface area contributed by atoms with Gasteiger partial charge in [0.1, 0.15) is 0 Å². The van der Waals surface area contributed by atoms with Gasteiger partial charge in [0.15, 0.2) is 11.6 Å². The second-order valence-electron chi connectivity index (χ2n) is 6.47. The van der Waals surface area contributed by atoms with Crippen LogP contribution in [-0.4, -0.2) is 11.6 Å².